The summed E-state index contributed by atoms with van der Waals surface area (Å²) < 4.78 is 25.5. The van der Waals surface area contributed by atoms with Crippen molar-refractivity contribution >= 4 is 5.97 Å². The van der Waals surface area contributed by atoms with Crippen molar-refractivity contribution in [3.05, 3.63) is 35.6 Å². The van der Waals surface area contributed by atoms with Crippen LogP contribution in [0.2, 0.25) is 0 Å². The second-order valence-electron chi connectivity index (χ2n) is 9.48. The number of esters is 1. The molecule has 158 valence electrons. The lowest BCUT2D eigenvalue weighted by atomic mass is 9.57. The number of benzene rings is 1. The predicted molar refractivity (Wildman–Crippen MR) is 102 cm³/mol. The third-order valence-electron chi connectivity index (χ3n) is 7.66. The summed E-state index contributed by atoms with van der Waals surface area (Å²) in [6, 6.07) is 6.66. The minimum atomic E-state index is -0.859. The van der Waals surface area contributed by atoms with Crippen molar-refractivity contribution in [1.29, 1.82) is 0 Å². The van der Waals surface area contributed by atoms with E-state index in [-0.39, 0.29) is 29.5 Å². The molecular weight excluding hydrogens is 375 g/mol. The van der Waals surface area contributed by atoms with E-state index in [2.05, 4.69) is 6.92 Å². The van der Waals surface area contributed by atoms with Gasteiger partial charge in [-0.2, -0.15) is 0 Å². The lowest BCUT2D eigenvalue weighted by molar-refractivity contribution is -0.559. The van der Waals surface area contributed by atoms with E-state index in [9.17, 15) is 9.18 Å². The fraction of sp³-hybridized carbons (Fsp3) is 0.696. The zero-order valence-electron chi connectivity index (χ0n) is 17.1. The molecule has 6 rings (SSSR count). The van der Waals surface area contributed by atoms with Crippen LogP contribution in [-0.4, -0.2) is 23.6 Å². The smallest absolute Gasteiger partial charge is 0.311 e. The highest BCUT2D eigenvalue weighted by molar-refractivity contribution is 5.74. The van der Waals surface area contributed by atoms with Gasteiger partial charge in [-0.1, -0.05) is 19.1 Å². The van der Waals surface area contributed by atoms with Crippen LogP contribution in [0, 0.1) is 29.5 Å². The predicted octanol–water partition coefficient (Wildman–Crippen LogP) is 4.54. The van der Waals surface area contributed by atoms with Gasteiger partial charge in [-0.05, 0) is 69.1 Å². The molecule has 2 bridgehead atoms. The van der Waals surface area contributed by atoms with Crippen molar-refractivity contribution in [2.75, 3.05) is 0 Å². The third-order valence-corrected chi connectivity index (χ3v) is 7.66. The molecule has 29 heavy (non-hydrogen) atoms. The van der Waals surface area contributed by atoms with Crippen molar-refractivity contribution < 1.29 is 28.4 Å². The van der Waals surface area contributed by atoms with Crippen LogP contribution in [-0.2, 0) is 30.5 Å². The summed E-state index contributed by atoms with van der Waals surface area (Å²) in [6.07, 6.45) is 5.16. The summed E-state index contributed by atoms with van der Waals surface area (Å²) >= 11 is 0. The Hall–Kier alpha value is -1.50. The minimum Gasteiger partial charge on any atom is -0.432 e. The summed E-state index contributed by atoms with van der Waals surface area (Å²) in [6.45, 7) is 4.11. The first-order valence-corrected chi connectivity index (χ1v) is 10.9. The summed E-state index contributed by atoms with van der Waals surface area (Å²) in [5.74, 6) is -0.799. The molecule has 1 aliphatic carbocycles. The van der Waals surface area contributed by atoms with Crippen LogP contribution < -0.4 is 0 Å². The van der Waals surface area contributed by atoms with Gasteiger partial charge in [0.05, 0.1) is 5.92 Å². The molecule has 5 aliphatic rings. The topological polar surface area (TPSA) is 54.0 Å². The fourth-order valence-electron chi connectivity index (χ4n) is 6.15. The molecule has 5 nitrogen and oxygen atoms in total. The Kier molecular flexibility index (Phi) is 4.72. The highest BCUT2D eigenvalue weighted by atomic mass is 19.1. The molecule has 0 aromatic heterocycles. The molecule has 5 fully saturated rings. The molecule has 0 radical (unpaired) electrons. The average Bonchev–Trinajstić information content (AvgIpc) is 2.91. The number of rotatable bonds is 4. The van der Waals surface area contributed by atoms with E-state index in [1.165, 1.54) is 6.07 Å². The second-order valence-corrected chi connectivity index (χ2v) is 9.48. The van der Waals surface area contributed by atoms with Crippen LogP contribution in [0.5, 0.6) is 0 Å². The number of ether oxygens (including phenoxy) is 2. The van der Waals surface area contributed by atoms with E-state index in [0.717, 1.165) is 44.1 Å². The van der Waals surface area contributed by atoms with E-state index in [0.29, 0.717) is 12.3 Å². The standard InChI is InChI=1S/C23H29FO5/c1-14-9-10-19-17(8-4-6-15-5-3-7-16(24)13-15)20(25)26-21-23(19)18(14)11-12-22(2,27-21)28-29-23/h3,5,7,13-14,17-19,21H,4,6,8-12H2,1-2H3/t14-,17-,18+,19+,21-,22-,23-/m1/s1. The Morgan fingerprint density at radius 2 is 2.03 bits per heavy atom. The summed E-state index contributed by atoms with van der Waals surface area (Å²) in [7, 11) is 0. The Morgan fingerprint density at radius 3 is 2.86 bits per heavy atom. The zero-order valence-corrected chi connectivity index (χ0v) is 17.1. The minimum absolute atomic E-state index is 0.0186. The Morgan fingerprint density at radius 1 is 1.17 bits per heavy atom. The Balaban J connectivity index is 1.38. The van der Waals surface area contributed by atoms with Crippen LogP contribution >= 0.6 is 0 Å². The Bertz CT molecular complexity index is 799. The van der Waals surface area contributed by atoms with E-state index in [1.807, 2.05) is 13.0 Å². The van der Waals surface area contributed by atoms with Crippen LogP contribution in [0.1, 0.15) is 57.9 Å². The summed E-state index contributed by atoms with van der Waals surface area (Å²) in [5.41, 5.74) is 0.233. The lowest BCUT2D eigenvalue weighted by Gasteiger charge is -2.58. The van der Waals surface area contributed by atoms with E-state index in [1.54, 1.807) is 12.1 Å². The summed E-state index contributed by atoms with van der Waals surface area (Å²) in [4.78, 5) is 24.8. The number of fused-ring (bicyclic) bond motifs is 2. The van der Waals surface area contributed by atoms with E-state index < -0.39 is 17.7 Å². The first kappa shape index (κ1) is 19.5. The highest BCUT2D eigenvalue weighted by Crippen LogP contribution is 2.60. The molecule has 0 amide bonds. The molecule has 7 atom stereocenters. The normalized spacial score (nSPS) is 43.4. The fourth-order valence-corrected chi connectivity index (χ4v) is 6.15. The van der Waals surface area contributed by atoms with Gasteiger partial charge in [0.2, 0.25) is 12.1 Å². The van der Waals surface area contributed by atoms with Gasteiger partial charge in [0.15, 0.2) is 5.60 Å². The van der Waals surface area contributed by atoms with Crippen molar-refractivity contribution in [2.45, 2.75) is 76.5 Å². The maximum atomic E-state index is 13.5. The monoisotopic (exact) mass is 404 g/mol. The number of aryl methyl sites for hydroxylation is 1. The van der Waals surface area contributed by atoms with Crippen molar-refractivity contribution in [2.24, 2.45) is 23.7 Å². The quantitative estimate of drug-likeness (QED) is 0.545. The van der Waals surface area contributed by atoms with Crippen molar-refractivity contribution in [3.63, 3.8) is 0 Å². The number of halogens is 1. The molecule has 1 aromatic carbocycles. The first-order valence-electron chi connectivity index (χ1n) is 10.9. The molecule has 4 aliphatic heterocycles. The van der Waals surface area contributed by atoms with E-state index in [4.69, 9.17) is 19.2 Å². The molecule has 4 heterocycles. The maximum absolute atomic E-state index is 13.5. The molecule has 0 unspecified atom stereocenters. The van der Waals surface area contributed by atoms with Crippen LogP contribution in [0.4, 0.5) is 4.39 Å². The maximum Gasteiger partial charge on any atom is 0.311 e. The van der Waals surface area contributed by atoms with Gasteiger partial charge in [0, 0.05) is 18.3 Å². The van der Waals surface area contributed by atoms with Gasteiger partial charge in [0.25, 0.3) is 0 Å². The third kappa shape index (κ3) is 3.11. The van der Waals surface area contributed by atoms with Gasteiger partial charge in [-0.25, -0.2) is 14.2 Å². The SMILES string of the molecule is C[C@@H]1CC[C@H]2[C@@H](CCCc3cccc(F)c3)C(=O)O[C@@H]3O[C@@]4(C)CC[C@@H]1[C@]32OO4. The van der Waals surface area contributed by atoms with Crippen LogP contribution in [0.25, 0.3) is 0 Å². The largest absolute Gasteiger partial charge is 0.432 e. The first-order chi connectivity index (χ1) is 13.9. The zero-order chi connectivity index (χ0) is 20.2. The van der Waals surface area contributed by atoms with E-state index >= 15 is 0 Å². The lowest BCUT2D eigenvalue weighted by Crippen LogP contribution is -2.70. The molecule has 1 saturated carbocycles. The van der Waals surface area contributed by atoms with Gasteiger partial charge >= 0.3 is 5.97 Å². The highest BCUT2D eigenvalue weighted by Gasteiger charge is 2.70. The average molecular weight is 404 g/mol. The summed E-state index contributed by atoms with van der Waals surface area (Å²) in [5, 5.41) is 0. The molecule has 0 N–H and O–H groups in total. The molecule has 1 spiro atoms. The number of hydrogen-bond donors (Lipinski definition) is 0. The number of hydrogen-bond acceptors (Lipinski definition) is 5. The molecule has 1 aromatic rings. The van der Waals surface area contributed by atoms with Crippen molar-refractivity contribution in [1.82, 2.24) is 0 Å². The number of carbonyl (C=O) groups excluding carboxylic acids is 1. The Labute approximate surface area is 170 Å². The van der Waals surface area contributed by atoms with Gasteiger partial charge in [-0.3, -0.25) is 4.79 Å². The van der Waals surface area contributed by atoms with Crippen LogP contribution in [0.15, 0.2) is 24.3 Å². The van der Waals surface area contributed by atoms with Gasteiger partial charge < -0.3 is 9.47 Å². The second kappa shape index (κ2) is 7.03. The number of carbonyl (C=O) groups is 1. The van der Waals surface area contributed by atoms with Gasteiger partial charge in [-0.15, -0.1) is 0 Å². The molecule has 6 heteroatoms. The van der Waals surface area contributed by atoms with Gasteiger partial charge in [0.1, 0.15) is 5.82 Å². The van der Waals surface area contributed by atoms with Crippen LogP contribution in [0.3, 0.4) is 0 Å². The molecule has 4 saturated heterocycles. The van der Waals surface area contributed by atoms with Crippen molar-refractivity contribution in [3.8, 4) is 0 Å². The molecular formula is C23H29FO5.